The fraction of sp³-hybridized carbons (Fsp3) is 0.364. The molecular formula is C22H26N2O6. The summed E-state index contributed by atoms with van der Waals surface area (Å²) in [5, 5.41) is 5.63. The minimum atomic E-state index is -0.313. The van der Waals surface area contributed by atoms with Crippen molar-refractivity contribution < 1.29 is 28.5 Å². The number of anilines is 1. The molecule has 160 valence electrons. The van der Waals surface area contributed by atoms with Crippen molar-refractivity contribution in [3.63, 3.8) is 0 Å². The van der Waals surface area contributed by atoms with Crippen molar-refractivity contribution in [3.05, 3.63) is 48.0 Å². The molecule has 0 aromatic heterocycles. The highest BCUT2D eigenvalue weighted by Crippen LogP contribution is 2.37. The van der Waals surface area contributed by atoms with Gasteiger partial charge in [-0.3, -0.25) is 9.59 Å². The van der Waals surface area contributed by atoms with Gasteiger partial charge in [-0.05, 0) is 30.7 Å². The number of amides is 2. The van der Waals surface area contributed by atoms with E-state index in [1.807, 2.05) is 30.3 Å². The summed E-state index contributed by atoms with van der Waals surface area (Å²) >= 11 is 0. The minimum absolute atomic E-state index is 0.179. The van der Waals surface area contributed by atoms with Crippen LogP contribution in [0.1, 0.15) is 16.8 Å². The Kier molecular flexibility index (Phi) is 7.51. The molecule has 1 unspecified atom stereocenters. The van der Waals surface area contributed by atoms with E-state index in [9.17, 15) is 9.59 Å². The van der Waals surface area contributed by atoms with Crippen molar-refractivity contribution >= 4 is 17.5 Å². The van der Waals surface area contributed by atoms with Gasteiger partial charge in [0.25, 0.3) is 5.91 Å². The summed E-state index contributed by atoms with van der Waals surface area (Å²) in [6.07, 6.45) is 0.660. The van der Waals surface area contributed by atoms with Crippen LogP contribution in [0.15, 0.2) is 42.5 Å². The molecule has 1 atom stereocenters. The van der Waals surface area contributed by atoms with Crippen LogP contribution >= 0.6 is 0 Å². The topological polar surface area (TPSA) is 95.1 Å². The number of ether oxygens (including phenoxy) is 4. The summed E-state index contributed by atoms with van der Waals surface area (Å²) in [7, 11) is 2.95. The zero-order valence-electron chi connectivity index (χ0n) is 17.1. The number of hydrogen-bond donors (Lipinski definition) is 2. The molecule has 0 spiro atoms. The van der Waals surface area contributed by atoms with Crippen molar-refractivity contribution in [1.29, 1.82) is 0 Å². The number of carbonyl (C=O) groups is 2. The fourth-order valence-electron chi connectivity index (χ4n) is 3.12. The van der Waals surface area contributed by atoms with E-state index in [-0.39, 0.29) is 17.7 Å². The lowest BCUT2D eigenvalue weighted by molar-refractivity contribution is -0.119. The van der Waals surface area contributed by atoms with E-state index in [0.717, 1.165) is 5.75 Å². The molecule has 2 amide bonds. The zero-order chi connectivity index (χ0) is 21.3. The predicted octanol–water partition coefficient (Wildman–Crippen LogP) is 2.49. The molecule has 1 fully saturated rings. The molecule has 0 radical (unpaired) electrons. The third-order valence-corrected chi connectivity index (χ3v) is 4.70. The molecule has 2 aromatic rings. The van der Waals surface area contributed by atoms with Gasteiger partial charge >= 0.3 is 0 Å². The molecule has 8 nitrogen and oxygen atoms in total. The maximum atomic E-state index is 12.6. The Bertz CT molecular complexity index is 865. The van der Waals surface area contributed by atoms with Crippen LogP contribution in [-0.2, 0) is 9.53 Å². The van der Waals surface area contributed by atoms with E-state index in [2.05, 4.69) is 10.6 Å². The lowest BCUT2D eigenvalue weighted by atomic mass is 10.1. The van der Waals surface area contributed by atoms with Gasteiger partial charge in [-0.1, -0.05) is 18.2 Å². The molecule has 1 aliphatic rings. The monoisotopic (exact) mass is 414 g/mol. The van der Waals surface area contributed by atoms with Gasteiger partial charge < -0.3 is 29.6 Å². The Hall–Kier alpha value is -3.26. The van der Waals surface area contributed by atoms with E-state index in [4.69, 9.17) is 18.9 Å². The Morgan fingerprint density at radius 1 is 1.13 bits per heavy atom. The van der Waals surface area contributed by atoms with Crippen molar-refractivity contribution in [1.82, 2.24) is 5.32 Å². The molecule has 0 bridgehead atoms. The molecule has 8 heteroatoms. The van der Waals surface area contributed by atoms with Crippen molar-refractivity contribution in [2.45, 2.75) is 6.42 Å². The molecule has 30 heavy (non-hydrogen) atoms. The van der Waals surface area contributed by atoms with Gasteiger partial charge in [0.2, 0.25) is 5.91 Å². The smallest absolute Gasteiger partial charge is 0.251 e. The van der Waals surface area contributed by atoms with Gasteiger partial charge in [-0.15, -0.1) is 0 Å². The normalized spacial score (nSPS) is 15.3. The van der Waals surface area contributed by atoms with E-state index < -0.39 is 0 Å². The zero-order valence-corrected chi connectivity index (χ0v) is 17.1. The SMILES string of the molecule is COc1cc(C(=O)NCCOc2ccccc2)cc(NC(=O)C2CCOC2)c1OC. The summed E-state index contributed by atoms with van der Waals surface area (Å²) in [6.45, 7) is 1.59. The molecule has 2 aromatic carbocycles. The van der Waals surface area contributed by atoms with Crippen molar-refractivity contribution in [3.8, 4) is 17.2 Å². The second-order valence-electron chi connectivity index (χ2n) is 6.73. The standard InChI is InChI=1S/C22H26N2O6/c1-27-19-13-16(21(25)23-9-11-30-17-6-4-3-5-7-17)12-18(20(19)28-2)24-22(26)15-8-10-29-14-15/h3-7,12-13,15H,8-11,14H2,1-2H3,(H,23,25)(H,24,26). The average Bonchev–Trinajstić information content (AvgIpc) is 3.32. The maximum Gasteiger partial charge on any atom is 0.251 e. The Morgan fingerprint density at radius 3 is 2.60 bits per heavy atom. The first-order valence-electron chi connectivity index (χ1n) is 9.73. The quantitative estimate of drug-likeness (QED) is 0.612. The van der Waals surface area contributed by atoms with Crippen LogP contribution in [0.5, 0.6) is 17.2 Å². The molecule has 0 aliphatic carbocycles. The van der Waals surface area contributed by atoms with E-state index in [1.165, 1.54) is 14.2 Å². The van der Waals surface area contributed by atoms with Gasteiger partial charge in [0.15, 0.2) is 11.5 Å². The Morgan fingerprint density at radius 2 is 1.93 bits per heavy atom. The van der Waals surface area contributed by atoms with E-state index in [0.29, 0.717) is 55.5 Å². The first-order chi connectivity index (χ1) is 14.6. The first-order valence-corrected chi connectivity index (χ1v) is 9.73. The predicted molar refractivity (Wildman–Crippen MR) is 111 cm³/mol. The Balaban J connectivity index is 1.66. The third-order valence-electron chi connectivity index (χ3n) is 4.70. The maximum absolute atomic E-state index is 12.6. The van der Waals surface area contributed by atoms with Crippen molar-refractivity contribution in [2.75, 3.05) is 45.9 Å². The highest BCUT2D eigenvalue weighted by molar-refractivity contribution is 6.00. The van der Waals surface area contributed by atoms with Gasteiger partial charge in [-0.25, -0.2) is 0 Å². The lowest BCUT2D eigenvalue weighted by Gasteiger charge is -2.17. The molecule has 0 saturated carbocycles. The van der Waals surface area contributed by atoms with Gasteiger partial charge in [0.05, 0.1) is 39.0 Å². The summed E-state index contributed by atoms with van der Waals surface area (Å²) in [5.41, 5.74) is 0.713. The number of benzene rings is 2. The third kappa shape index (κ3) is 5.42. The summed E-state index contributed by atoms with van der Waals surface area (Å²) < 4.78 is 21.6. The van der Waals surface area contributed by atoms with Gasteiger partial charge in [-0.2, -0.15) is 0 Å². The molecule has 1 aliphatic heterocycles. The van der Waals surface area contributed by atoms with Gasteiger partial charge in [0, 0.05) is 12.2 Å². The van der Waals surface area contributed by atoms with Crippen LogP contribution < -0.4 is 24.8 Å². The van der Waals surface area contributed by atoms with E-state index in [1.54, 1.807) is 12.1 Å². The second kappa shape index (κ2) is 10.5. The summed E-state index contributed by atoms with van der Waals surface area (Å²) in [6, 6.07) is 12.5. The number of rotatable bonds is 9. The fourth-order valence-corrected chi connectivity index (χ4v) is 3.12. The van der Waals surface area contributed by atoms with Crippen LogP contribution in [0.25, 0.3) is 0 Å². The molecular weight excluding hydrogens is 388 g/mol. The first kappa shape index (κ1) is 21.4. The van der Waals surface area contributed by atoms with Crippen LogP contribution in [0, 0.1) is 5.92 Å². The number of hydrogen-bond acceptors (Lipinski definition) is 6. The summed E-state index contributed by atoms with van der Waals surface area (Å²) in [4.78, 5) is 25.1. The van der Waals surface area contributed by atoms with Crippen LogP contribution in [-0.4, -0.2) is 52.4 Å². The number of carbonyl (C=O) groups excluding carboxylic acids is 2. The molecule has 1 saturated heterocycles. The minimum Gasteiger partial charge on any atom is -0.493 e. The lowest BCUT2D eigenvalue weighted by Crippen LogP contribution is -2.28. The number of nitrogens with one attached hydrogen (secondary N) is 2. The summed E-state index contributed by atoms with van der Waals surface area (Å²) in [5.74, 6) is 0.721. The van der Waals surface area contributed by atoms with Crippen LogP contribution in [0.2, 0.25) is 0 Å². The highest BCUT2D eigenvalue weighted by Gasteiger charge is 2.25. The highest BCUT2D eigenvalue weighted by atomic mass is 16.5. The largest absolute Gasteiger partial charge is 0.493 e. The number of methoxy groups -OCH3 is 2. The van der Waals surface area contributed by atoms with Crippen LogP contribution in [0.4, 0.5) is 5.69 Å². The molecule has 1 heterocycles. The van der Waals surface area contributed by atoms with Crippen molar-refractivity contribution in [2.24, 2.45) is 5.92 Å². The number of para-hydroxylation sites is 1. The van der Waals surface area contributed by atoms with E-state index >= 15 is 0 Å². The van der Waals surface area contributed by atoms with Gasteiger partial charge in [0.1, 0.15) is 12.4 Å². The van der Waals surface area contributed by atoms with Crippen LogP contribution in [0.3, 0.4) is 0 Å². The average molecular weight is 414 g/mol. The molecule has 2 N–H and O–H groups in total. The molecule has 3 rings (SSSR count). The second-order valence-corrected chi connectivity index (χ2v) is 6.73. The Labute approximate surface area is 175 Å².